The minimum absolute atomic E-state index is 0.247. The zero-order valence-corrected chi connectivity index (χ0v) is 12.1. The fraction of sp³-hybridized carbons (Fsp3) is 0.0500. The van der Waals surface area contributed by atoms with E-state index in [0.29, 0.717) is 0 Å². The number of benzene rings is 3. The average molecular weight is 289 g/mol. The van der Waals surface area contributed by atoms with Crippen LogP contribution in [0.1, 0.15) is 11.1 Å². The molecular weight excluding hydrogens is 273 g/mol. The molecule has 0 aliphatic rings. The van der Waals surface area contributed by atoms with Gasteiger partial charge in [-0.2, -0.15) is 0 Å². The van der Waals surface area contributed by atoms with Crippen LogP contribution in [-0.4, -0.2) is 5.71 Å². The molecule has 108 valence electrons. The van der Waals surface area contributed by atoms with Gasteiger partial charge in [-0.05, 0) is 35.4 Å². The van der Waals surface area contributed by atoms with Crippen LogP contribution in [0.25, 0.3) is 0 Å². The van der Waals surface area contributed by atoms with E-state index in [9.17, 15) is 4.39 Å². The van der Waals surface area contributed by atoms with Crippen molar-refractivity contribution in [2.75, 3.05) is 0 Å². The SMILES string of the molecule is Fc1ccc(N=C(Cc2ccccc2)c2ccccc2)cc1. The first-order valence-electron chi connectivity index (χ1n) is 7.24. The van der Waals surface area contributed by atoms with Crippen LogP contribution in [0, 0.1) is 5.82 Å². The van der Waals surface area contributed by atoms with Crippen molar-refractivity contribution < 1.29 is 4.39 Å². The van der Waals surface area contributed by atoms with Gasteiger partial charge in [-0.3, -0.25) is 4.99 Å². The highest BCUT2D eigenvalue weighted by molar-refractivity contribution is 6.03. The van der Waals surface area contributed by atoms with Crippen LogP contribution in [0.5, 0.6) is 0 Å². The molecule has 0 aliphatic heterocycles. The first-order chi connectivity index (χ1) is 10.8. The van der Waals surface area contributed by atoms with Crippen LogP contribution in [0.4, 0.5) is 10.1 Å². The van der Waals surface area contributed by atoms with Crippen molar-refractivity contribution >= 4 is 11.4 Å². The van der Waals surface area contributed by atoms with Gasteiger partial charge in [0.25, 0.3) is 0 Å². The molecule has 1 nitrogen and oxygen atoms in total. The second-order valence-electron chi connectivity index (χ2n) is 5.06. The third-order valence-corrected chi connectivity index (χ3v) is 3.41. The fourth-order valence-corrected chi connectivity index (χ4v) is 2.30. The highest BCUT2D eigenvalue weighted by Crippen LogP contribution is 2.17. The van der Waals surface area contributed by atoms with Gasteiger partial charge in [0, 0.05) is 6.42 Å². The lowest BCUT2D eigenvalue weighted by atomic mass is 10.0. The van der Waals surface area contributed by atoms with Crippen molar-refractivity contribution in [1.82, 2.24) is 0 Å². The minimum Gasteiger partial charge on any atom is -0.252 e. The van der Waals surface area contributed by atoms with Crippen molar-refractivity contribution in [3.05, 3.63) is 102 Å². The molecule has 0 saturated carbocycles. The molecular formula is C20H16FN. The van der Waals surface area contributed by atoms with Crippen LogP contribution in [0.2, 0.25) is 0 Å². The topological polar surface area (TPSA) is 12.4 Å². The number of aliphatic imine (C=N–C) groups is 1. The lowest BCUT2D eigenvalue weighted by molar-refractivity contribution is 0.628. The summed E-state index contributed by atoms with van der Waals surface area (Å²) in [7, 11) is 0. The zero-order chi connectivity index (χ0) is 15.2. The molecule has 0 radical (unpaired) electrons. The monoisotopic (exact) mass is 289 g/mol. The molecule has 0 saturated heterocycles. The van der Waals surface area contributed by atoms with E-state index in [4.69, 9.17) is 4.99 Å². The Morgan fingerprint density at radius 1 is 0.727 bits per heavy atom. The lowest BCUT2D eigenvalue weighted by Gasteiger charge is -2.08. The third-order valence-electron chi connectivity index (χ3n) is 3.41. The Kier molecular flexibility index (Phi) is 4.40. The van der Waals surface area contributed by atoms with Crippen molar-refractivity contribution in [2.24, 2.45) is 4.99 Å². The van der Waals surface area contributed by atoms with Gasteiger partial charge in [0.15, 0.2) is 0 Å². The molecule has 0 bridgehead atoms. The van der Waals surface area contributed by atoms with Crippen molar-refractivity contribution in [3.8, 4) is 0 Å². The molecule has 0 N–H and O–H groups in total. The Balaban J connectivity index is 1.97. The molecule has 3 rings (SSSR count). The standard InChI is InChI=1S/C20H16FN/c21-18-11-13-19(14-12-18)22-20(17-9-5-2-6-10-17)15-16-7-3-1-4-8-16/h1-14H,15H2. The first-order valence-corrected chi connectivity index (χ1v) is 7.24. The number of rotatable bonds is 4. The highest BCUT2D eigenvalue weighted by Gasteiger charge is 2.05. The van der Waals surface area contributed by atoms with Crippen molar-refractivity contribution in [2.45, 2.75) is 6.42 Å². The molecule has 3 aromatic rings. The van der Waals surface area contributed by atoms with Gasteiger partial charge in [-0.25, -0.2) is 4.39 Å². The Labute approximate surface area is 129 Å². The first kappa shape index (κ1) is 14.2. The molecule has 0 amide bonds. The summed E-state index contributed by atoms with van der Waals surface area (Å²) < 4.78 is 13.0. The van der Waals surface area contributed by atoms with Gasteiger partial charge in [0.1, 0.15) is 5.82 Å². The summed E-state index contributed by atoms with van der Waals surface area (Å²) in [6.07, 6.45) is 0.738. The van der Waals surface area contributed by atoms with Gasteiger partial charge < -0.3 is 0 Å². The van der Waals surface area contributed by atoms with Crippen LogP contribution in [0.3, 0.4) is 0 Å². The maximum absolute atomic E-state index is 13.0. The van der Waals surface area contributed by atoms with Gasteiger partial charge in [0.2, 0.25) is 0 Å². The second-order valence-corrected chi connectivity index (χ2v) is 5.06. The summed E-state index contributed by atoms with van der Waals surface area (Å²) in [6.45, 7) is 0. The molecule has 0 aromatic heterocycles. The van der Waals surface area contributed by atoms with Crippen LogP contribution < -0.4 is 0 Å². The maximum Gasteiger partial charge on any atom is 0.123 e. The summed E-state index contributed by atoms with van der Waals surface area (Å²) in [5.41, 5.74) is 4.01. The molecule has 0 unspecified atom stereocenters. The number of halogens is 1. The Morgan fingerprint density at radius 3 is 1.95 bits per heavy atom. The van der Waals surface area contributed by atoms with E-state index in [1.165, 1.54) is 17.7 Å². The van der Waals surface area contributed by atoms with E-state index in [-0.39, 0.29) is 5.82 Å². The Morgan fingerprint density at radius 2 is 1.32 bits per heavy atom. The third kappa shape index (κ3) is 3.67. The number of hydrogen-bond acceptors (Lipinski definition) is 1. The van der Waals surface area contributed by atoms with Crippen LogP contribution in [0.15, 0.2) is 89.9 Å². The lowest BCUT2D eigenvalue weighted by Crippen LogP contribution is -2.05. The second kappa shape index (κ2) is 6.81. The molecule has 0 fully saturated rings. The van der Waals surface area contributed by atoms with Crippen molar-refractivity contribution in [3.63, 3.8) is 0 Å². The summed E-state index contributed by atoms with van der Waals surface area (Å²) in [6, 6.07) is 26.6. The molecule has 3 aromatic carbocycles. The smallest absolute Gasteiger partial charge is 0.123 e. The number of hydrogen-bond donors (Lipinski definition) is 0. The molecule has 22 heavy (non-hydrogen) atoms. The van der Waals surface area contributed by atoms with E-state index in [1.54, 1.807) is 12.1 Å². The predicted molar refractivity (Wildman–Crippen MR) is 89.2 cm³/mol. The van der Waals surface area contributed by atoms with E-state index >= 15 is 0 Å². The summed E-state index contributed by atoms with van der Waals surface area (Å²) in [5, 5.41) is 0. The van der Waals surface area contributed by atoms with Gasteiger partial charge >= 0.3 is 0 Å². The average Bonchev–Trinajstić information content (AvgIpc) is 2.58. The summed E-state index contributed by atoms with van der Waals surface area (Å²) >= 11 is 0. The summed E-state index contributed by atoms with van der Waals surface area (Å²) in [5.74, 6) is -0.247. The normalized spacial score (nSPS) is 11.4. The van der Waals surface area contributed by atoms with E-state index in [0.717, 1.165) is 23.4 Å². The van der Waals surface area contributed by atoms with E-state index < -0.39 is 0 Å². The molecule has 0 heterocycles. The van der Waals surface area contributed by atoms with Crippen molar-refractivity contribution in [1.29, 1.82) is 0 Å². The molecule has 2 heteroatoms. The van der Waals surface area contributed by atoms with E-state index in [2.05, 4.69) is 12.1 Å². The molecule has 0 spiro atoms. The molecule has 0 aliphatic carbocycles. The van der Waals surface area contributed by atoms with Crippen LogP contribution >= 0.6 is 0 Å². The Bertz CT molecular complexity index is 747. The van der Waals surface area contributed by atoms with Gasteiger partial charge in [0.05, 0.1) is 11.4 Å². The van der Waals surface area contributed by atoms with Gasteiger partial charge in [-0.15, -0.1) is 0 Å². The number of nitrogens with zero attached hydrogens (tertiary/aromatic N) is 1. The van der Waals surface area contributed by atoms with E-state index in [1.807, 2.05) is 48.5 Å². The predicted octanol–water partition coefficient (Wildman–Crippen LogP) is 5.19. The fourth-order valence-electron chi connectivity index (χ4n) is 2.30. The maximum atomic E-state index is 13.0. The zero-order valence-electron chi connectivity index (χ0n) is 12.1. The van der Waals surface area contributed by atoms with Crippen LogP contribution in [-0.2, 0) is 6.42 Å². The minimum atomic E-state index is -0.247. The quantitative estimate of drug-likeness (QED) is 0.586. The molecule has 0 atom stereocenters. The van der Waals surface area contributed by atoms with Gasteiger partial charge in [-0.1, -0.05) is 60.7 Å². The largest absolute Gasteiger partial charge is 0.252 e. The summed E-state index contributed by atoms with van der Waals surface area (Å²) in [4.78, 5) is 4.72. The highest BCUT2D eigenvalue weighted by atomic mass is 19.1. The Hall–Kier alpha value is -2.74.